The van der Waals surface area contributed by atoms with Gasteiger partial charge in [-0.1, -0.05) is 31.9 Å². The van der Waals surface area contributed by atoms with Crippen molar-refractivity contribution in [1.82, 2.24) is 5.43 Å². The van der Waals surface area contributed by atoms with E-state index in [1.165, 1.54) is 0 Å². The molecule has 17 heavy (non-hydrogen) atoms. The highest BCUT2D eigenvalue weighted by Crippen LogP contribution is 2.66. The van der Waals surface area contributed by atoms with Crippen LogP contribution in [-0.4, -0.2) is 15.4 Å². The Labute approximate surface area is 128 Å². The van der Waals surface area contributed by atoms with E-state index < -0.39 is 5.41 Å². The van der Waals surface area contributed by atoms with E-state index in [2.05, 4.69) is 58.3 Å². The third-order valence-electron chi connectivity index (χ3n) is 2.71. The molecule has 0 aliphatic heterocycles. The molecular weight excluding hydrogens is 436 g/mol. The van der Waals surface area contributed by atoms with Crippen molar-refractivity contribution in [1.29, 1.82) is 0 Å². The Morgan fingerprint density at radius 2 is 2.24 bits per heavy atom. The second-order valence-electron chi connectivity index (χ2n) is 4.05. The number of hydrogen-bond acceptors (Lipinski definition) is 3. The maximum absolute atomic E-state index is 11.8. The van der Waals surface area contributed by atoms with E-state index in [-0.39, 0.29) is 9.14 Å². The van der Waals surface area contributed by atoms with E-state index >= 15 is 0 Å². The maximum Gasteiger partial charge on any atom is 0.248 e. The third-order valence-corrected chi connectivity index (χ3v) is 6.58. The van der Waals surface area contributed by atoms with Gasteiger partial charge in [0.2, 0.25) is 5.91 Å². The summed E-state index contributed by atoms with van der Waals surface area (Å²) in [6, 6.07) is 3.88. The molecule has 1 N–H and O–H groups in total. The van der Waals surface area contributed by atoms with Crippen molar-refractivity contribution in [2.75, 3.05) is 0 Å². The second kappa shape index (κ2) is 4.75. The van der Waals surface area contributed by atoms with Crippen molar-refractivity contribution in [3.63, 3.8) is 0 Å². The smallest absolute Gasteiger partial charge is 0.248 e. The number of hydrazone groups is 1. The average Bonchev–Trinajstić information content (AvgIpc) is 2.58. The summed E-state index contributed by atoms with van der Waals surface area (Å²) >= 11 is 11.8. The highest BCUT2D eigenvalue weighted by molar-refractivity contribution is 9.25. The molecule has 1 heterocycles. The van der Waals surface area contributed by atoms with Gasteiger partial charge in [0.25, 0.3) is 0 Å². The summed E-state index contributed by atoms with van der Waals surface area (Å²) in [5.74, 6) is -0.0851. The number of alkyl halides is 2. The van der Waals surface area contributed by atoms with Crippen molar-refractivity contribution in [3.8, 4) is 0 Å². The number of amides is 1. The summed E-state index contributed by atoms with van der Waals surface area (Å²) in [5, 5.41) is 3.95. The largest absolute Gasteiger partial charge is 0.272 e. The van der Waals surface area contributed by atoms with Gasteiger partial charge >= 0.3 is 0 Å². The lowest BCUT2D eigenvalue weighted by Crippen LogP contribution is -2.29. The zero-order valence-electron chi connectivity index (χ0n) is 8.84. The van der Waals surface area contributed by atoms with E-state index in [9.17, 15) is 4.79 Å². The summed E-state index contributed by atoms with van der Waals surface area (Å²) < 4.78 is 0.762. The molecule has 1 amide bonds. The summed E-state index contributed by atoms with van der Waals surface area (Å²) in [4.78, 5) is 12.8. The molecule has 1 fully saturated rings. The van der Waals surface area contributed by atoms with Crippen LogP contribution in [0.15, 0.2) is 21.0 Å². The van der Waals surface area contributed by atoms with Gasteiger partial charge in [-0.2, -0.15) is 5.10 Å². The Hall–Kier alpha value is 0.280. The molecule has 0 aromatic carbocycles. The highest BCUT2D eigenvalue weighted by Gasteiger charge is 2.66. The fraction of sp³-hybridized carbons (Fsp3) is 0.400. The van der Waals surface area contributed by atoms with Crippen LogP contribution in [0.3, 0.4) is 0 Å². The van der Waals surface area contributed by atoms with Crippen LogP contribution in [0.25, 0.3) is 0 Å². The highest BCUT2D eigenvalue weighted by atomic mass is 79.9. The first-order valence-corrected chi connectivity index (χ1v) is 8.01. The Morgan fingerprint density at radius 1 is 1.59 bits per heavy atom. The van der Waals surface area contributed by atoms with E-state index in [1.807, 2.05) is 19.1 Å². The first-order valence-electron chi connectivity index (χ1n) is 4.82. The zero-order valence-corrected chi connectivity index (χ0v) is 14.4. The van der Waals surface area contributed by atoms with E-state index in [1.54, 1.807) is 17.6 Å². The molecular formula is C10H9Br3N2OS. The van der Waals surface area contributed by atoms with Crippen molar-refractivity contribution in [2.45, 2.75) is 16.6 Å². The number of halogens is 3. The molecule has 1 atom stereocenters. The number of nitrogens with one attached hydrogen (secondary N) is 1. The van der Waals surface area contributed by atoms with Gasteiger partial charge in [0.1, 0.15) is 0 Å². The summed E-state index contributed by atoms with van der Waals surface area (Å²) in [6.45, 7) is 1.89. The van der Waals surface area contributed by atoms with Crippen molar-refractivity contribution in [3.05, 3.63) is 20.8 Å². The Bertz CT molecular complexity index is 486. The zero-order chi connectivity index (χ0) is 12.7. The summed E-state index contributed by atoms with van der Waals surface area (Å²) in [7, 11) is 0. The fourth-order valence-electron chi connectivity index (χ4n) is 1.32. The molecule has 0 spiro atoms. The molecule has 92 valence electrons. The average molecular weight is 445 g/mol. The molecule has 1 saturated carbocycles. The first kappa shape index (κ1) is 13.7. The second-order valence-corrected chi connectivity index (χ2v) is 10.3. The van der Waals surface area contributed by atoms with Crippen LogP contribution in [0.5, 0.6) is 0 Å². The van der Waals surface area contributed by atoms with Crippen LogP contribution >= 0.6 is 59.1 Å². The predicted molar refractivity (Wildman–Crippen MR) is 81.1 cm³/mol. The van der Waals surface area contributed by atoms with Gasteiger partial charge in [-0.15, -0.1) is 11.3 Å². The van der Waals surface area contributed by atoms with Crippen molar-refractivity contribution >= 4 is 71.2 Å². The summed E-state index contributed by atoms with van der Waals surface area (Å²) in [5.41, 5.74) is 2.13. The molecule has 0 saturated heterocycles. The van der Waals surface area contributed by atoms with Crippen LogP contribution in [0, 0.1) is 5.41 Å². The predicted octanol–water partition coefficient (Wildman–Crippen LogP) is 3.86. The molecule has 0 radical (unpaired) electrons. The molecule has 1 aliphatic carbocycles. The van der Waals surface area contributed by atoms with Crippen LogP contribution in [-0.2, 0) is 4.79 Å². The van der Waals surface area contributed by atoms with Gasteiger partial charge in [-0.05, 0) is 41.4 Å². The van der Waals surface area contributed by atoms with Gasteiger partial charge in [0.05, 0.1) is 18.6 Å². The number of carbonyl (C=O) groups excluding carboxylic acids is 1. The third kappa shape index (κ3) is 2.83. The maximum atomic E-state index is 11.8. The molecule has 3 nitrogen and oxygen atoms in total. The normalized spacial score (nSPS) is 26.1. The summed E-state index contributed by atoms with van der Waals surface area (Å²) in [6.07, 6.45) is 2.40. The topological polar surface area (TPSA) is 41.5 Å². The lowest BCUT2D eigenvalue weighted by molar-refractivity contribution is -0.125. The number of carbonyl (C=O) groups is 1. The van der Waals surface area contributed by atoms with Crippen LogP contribution in [0.4, 0.5) is 0 Å². The molecule has 2 rings (SSSR count). The minimum Gasteiger partial charge on any atom is -0.272 e. The fourth-order valence-corrected chi connectivity index (χ4v) is 4.10. The SMILES string of the molecule is C[C@]1(C(=O)N/N=C\c2ccc(Br)s2)CC1(Br)Br. The lowest BCUT2D eigenvalue weighted by atomic mass is 10.1. The molecule has 7 heteroatoms. The Kier molecular flexibility index (Phi) is 3.83. The number of hydrogen-bond donors (Lipinski definition) is 1. The lowest BCUT2D eigenvalue weighted by Gasteiger charge is -2.09. The van der Waals surface area contributed by atoms with Gasteiger partial charge < -0.3 is 0 Å². The first-order chi connectivity index (χ1) is 7.85. The molecule has 0 bridgehead atoms. The van der Waals surface area contributed by atoms with Crippen molar-refractivity contribution < 1.29 is 4.79 Å². The minimum absolute atomic E-state index is 0.0851. The molecule has 0 unspecified atom stereocenters. The van der Waals surface area contributed by atoms with Crippen molar-refractivity contribution in [2.24, 2.45) is 10.5 Å². The van der Waals surface area contributed by atoms with Gasteiger partial charge in [-0.25, -0.2) is 5.43 Å². The van der Waals surface area contributed by atoms with Gasteiger partial charge in [0.15, 0.2) is 0 Å². The van der Waals surface area contributed by atoms with E-state index in [0.717, 1.165) is 15.1 Å². The quantitative estimate of drug-likeness (QED) is 0.429. The minimum atomic E-state index is -0.430. The van der Waals surface area contributed by atoms with Gasteiger partial charge in [-0.3, -0.25) is 4.79 Å². The Morgan fingerprint density at radius 3 is 2.71 bits per heavy atom. The number of nitrogens with zero attached hydrogens (tertiary/aromatic N) is 1. The van der Waals surface area contributed by atoms with E-state index in [4.69, 9.17) is 0 Å². The van der Waals surface area contributed by atoms with Crippen LogP contribution in [0.2, 0.25) is 0 Å². The standard InChI is InChI=1S/C10H9Br3N2OS/c1-9(5-10(9,12)13)8(16)15-14-4-6-2-3-7(11)17-6/h2-4H,5H2,1H3,(H,15,16)/b14-4-/t9-/m1/s1. The monoisotopic (exact) mass is 442 g/mol. The molecule has 1 aromatic heterocycles. The molecule has 1 aliphatic rings. The number of rotatable bonds is 3. The number of thiophene rings is 1. The van der Waals surface area contributed by atoms with Gasteiger partial charge in [0, 0.05) is 4.88 Å². The van der Waals surface area contributed by atoms with Crippen LogP contribution in [0.1, 0.15) is 18.2 Å². The molecule has 1 aromatic rings. The van der Waals surface area contributed by atoms with E-state index in [0.29, 0.717) is 0 Å². The van der Waals surface area contributed by atoms with Crippen LogP contribution < -0.4 is 5.43 Å². The Balaban J connectivity index is 1.91.